The van der Waals surface area contributed by atoms with Crippen LogP contribution in [0.15, 0.2) is 0 Å². The van der Waals surface area contributed by atoms with Gasteiger partial charge < -0.3 is 0 Å². The Hall–Kier alpha value is -0.750. The second-order valence-electron chi connectivity index (χ2n) is 1.73. The Morgan fingerprint density at radius 2 is 2.38 bits per heavy atom. The van der Waals surface area contributed by atoms with Crippen molar-refractivity contribution in [1.29, 1.82) is 0 Å². The molecule has 0 aliphatic rings. The van der Waals surface area contributed by atoms with E-state index in [0.717, 1.165) is 0 Å². The first-order valence-corrected chi connectivity index (χ1v) is 2.63. The molecule has 2 nitrogen and oxygen atoms in total. The highest BCUT2D eigenvalue weighted by atomic mass is 16.1. The summed E-state index contributed by atoms with van der Waals surface area (Å²) < 4.78 is 0. The lowest BCUT2D eigenvalue weighted by Crippen LogP contribution is -1.89. The molecule has 0 amide bonds. The number of hydrogen-bond donors (Lipinski definition) is 0. The van der Waals surface area contributed by atoms with Gasteiger partial charge in [0, 0.05) is 18.1 Å². The van der Waals surface area contributed by atoms with Crippen molar-refractivity contribution in [2.75, 3.05) is 0 Å². The summed E-state index contributed by atoms with van der Waals surface area (Å²) in [5, 5.41) is 0. The Morgan fingerprint density at radius 3 is 2.75 bits per heavy atom. The zero-order chi connectivity index (χ0) is 6.41. The molecule has 1 N–H and O–H groups in total. The van der Waals surface area contributed by atoms with E-state index in [9.17, 15) is 4.79 Å². The molecule has 0 atom stereocenters. The standard InChI is InChI=1S/C6H9O2/c1-6(8)4-2-3-5-7/h2-4H2,1H3/q+1/p+1. The molecule has 0 aliphatic carbocycles. The van der Waals surface area contributed by atoms with E-state index in [-0.39, 0.29) is 0 Å². The third kappa shape index (κ3) is 5.25. The molecular formula is C6H10O2+2. The van der Waals surface area contributed by atoms with Crippen molar-refractivity contribution < 1.29 is 9.59 Å². The average molecular weight is 114 g/mol. The van der Waals surface area contributed by atoms with Crippen LogP contribution in [0.4, 0.5) is 0 Å². The van der Waals surface area contributed by atoms with Crippen LogP contribution in [-0.2, 0) is 4.79 Å². The summed E-state index contributed by atoms with van der Waals surface area (Å²) >= 11 is 0. The van der Waals surface area contributed by atoms with Crippen molar-refractivity contribution in [3.05, 3.63) is 0 Å². The van der Waals surface area contributed by atoms with E-state index in [4.69, 9.17) is 4.79 Å². The fraction of sp³-hybridized carbons (Fsp3) is 0.667. The van der Waals surface area contributed by atoms with Gasteiger partial charge in [-0.25, -0.2) is 0 Å². The molecular weight excluding hydrogens is 104 g/mol. The van der Waals surface area contributed by atoms with Crippen LogP contribution in [0.25, 0.3) is 0 Å². The van der Waals surface area contributed by atoms with Crippen LogP contribution in [0, 0.1) is 0 Å². The van der Waals surface area contributed by atoms with E-state index in [2.05, 4.69) is 0 Å². The lowest BCUT2D eigenvalue weighted by Gasteiger charge is -1.75. The molecule has 0 aromatic heterocycles. The van der Waals surface area contributed by atoms with Crippen molar-refractivity contribution in [2.24, 2.45) is 0 Å². The number of rotatable bonds is 4. The maximum atomic E-state index is 9.57. The van der Waals surface area contributed by atoms with E-state index in [1.54, 1.807) is 13.2 Å². The summed E-state index contributed by atoms with van der Waals surface area (Å²) in [6, 6.07) is 0. The first kappa shape index (κ1) is 7.25. The smallest absolute Gasteiger partial charge is 0.284 e. The zero-order valence-electron chi connectivity index (χ0n) is 4.98. The normalized spacial score (nSPS) is 8.12. The summed E-state index contributed by atoms with van der Waals surface area (Å²) in [7, 11) is 0. The summed E-state index contributed by atoms with van der Waals surface area (Å²) in [6.07, 6.45) is 3.51. The summed E-state index contributed by atoms with van der Waals surface area (Å²) in [5.74, 6) is 0.389. The lowest BCUT2D eigenvalue weighted by atomic mass is 10.2. The second-order valence-corrected chi connectivity index (χ2v) is 1.73. The van der Waals surface area contributed by atoms with Gasteiger partial charge in [-0.3, -0.25) is 4.79 Å². The fourth-order valence-electron chi connectivity index (χ4n) is 0.416. The van der Waals surface area contributed by atoms with Gasteiger partial charge in [0.2, 0.25) is 6.42 Å². The van der Waals surface area contributed by atoms with Gasteiger partial charge in [0.1, 0.15) is 0 Å². The molecule has 0 unspecified atom stereocenters. The number of unbranched alkanes of at least 4 members (excludes halogenated alkanes) is 1. The van der Waals surface area contributed by atoms with Gasteiger partial charge >= 0.3 is 6.29 Å². The van der Waals surface area contributed by atoms with Gasteiger partial charge in [0.25, 0.3) is 5.78 Å². The highest BCUT2D eigenvalue weighted by molar-refractivity contribution is 5.76. The molecule has 0 spiro atoms. The molecule has 0 rings (SSSR count). The largest absolute Gasteiger partial charge is 0.506 e. The van der Waals surface area contributed by atoms with Gasteiger partial charge in [0.05, 0.1) is 6.42 Å². The minimum absolute atomic E-state index is 0.389. The Bertz CT molecular complexity index is 86.5. The van der Waals surface area contributed by atoms with Gasteiger partial charge in [0.15, 0.2) is 0 Å². The molecule has 8 heavy (non-hydrogen) atoms. The Labute approximate surface area is 48.9 Å². The Kier molecular flexibility index (Phi) is 4.00. The Balaban J connectivity index is 2.93. The van der Waals surface area contributed by atoms with Crippen molar-refractivity contribution in [2.45, 2.75) is 26.2 Å². The van der Waals surface area contributed by atoms with Gasteiger partial charge in [-0.15, -0.1) is 0 Å². The predicted octanol–water partition coefficient (Wildman–Crippen LogP) is 0.831. The van der Waals surface area contributed by atoms with Gasteiger partial charge in [-0.2, -0.15) is 0 Å². The second kappa shape index (κ2) is 4.41. The third-order valence-corrected chi connectivity index (χ3v) is 0.817. The molecule has 0 fully saturated rings. The van der Waals surface area contributed by atoms with Crippen LogP contribution >= 0.6 is 0 Å². The van der Waals surface area contributed by atoms with E-state index >= 15 is 0 Å². The fourth-order valence-corrected chi connectivity index (χ4v) is 0.416. The average Bonchev–Trinajstić information content (AvgIpc) is 1.66. The monoisotopic (exact) mass is 114 g/mol. The summed E-state index contributed by atoms with van der Waals surface area (Å²) in [6.45, 7) is 1.63. The maximum Gasteiger partial charge on any atom is 0.506 e. The number of carbonyl (C=O) groups excluding carboxylic acids is 2. The number of hydrogen-bond acceptors (Lipinski definition) is 1. The highest BCUT2D eigenvalue weighted by Crippen LogP contribution is 1.91. The molecule has 0 aliphatic heterocycles. The molecule has 0 saturated heterocycles. The molecule has 0 heterocycles. The van der Waals surface area contributed by atoms with Crippen LogP contribution < -0.4 is 0 Å². The molecule has 44 valence electrons. The van der Waals surface area contributed by atoms with E-state index in [0.29, 0.717) is 25.0 Å². The zero-order valence-corrected chi connectivity index (χ0v) is 4.98. The van der Waals surface area contributed by atoms with Crippen LogP contribution in [0.5, 0.6) is 0 Å². The maximum absolute atomic E-state index is 9.57. The summed E-state index contributed by atoms with van der Waals surface area (Å²) in [4.78, 5) is 18.1. The molecule has 0 radical (unpaired) electrons. The van der Waals surface area contributed by atoms with E-state index in [1.807, 2.05) is 0 Å². The van der Waals surface area contributed by atoms with Gasteiger partial charge in [-0.05, 0) is 0 Å². The topological polar surface area (TPSA) is 38.5 Å². The lowest BCUT2D eigenvalue weighted by molar-refractivity contribution is 0.548. The van der Waals surface area contributed by atoms with Crippen molar-refractivity contribution in [3.63, 3.8) is 0 Å². The molecule has 0 aromatic carbocycles. The quantitative estimate of drug-likeness (QED) is 0.303. The van der Waals surface area contributed by atoms with Crippen molar-refractivity contribution in [1.82, 2.24) is 0 Å². The molecule has 0 aromatic rings. The predicted molar refractivity (Wildman–Crippen MR) is 32.2 cm³/mol. The minimum Gasteiger partial charge on any atom is -0.284 e. The minimum atomic E-state index is 0.389. The van der Waals surface area contributed by atoms with Crippen molar-refractivity contribution >= 4 is 12.1 Å². The van der Waals surface area contributed by atoms with E-state index in [1.165, 1.54) is 0 Å². The van der Waals surface area contributed by atoms with Gasteiger partial charge in [-0.1, -0.05) is 0 Å². The van der Waals surface area contributed by atoms with Crippen molar-refractivity contribution in [3.8, 4) is 0 Å². The molecule has 2 heteroatoms. The molecule has 0 bridgehead atoms. The van der Waals surface area contributed by atoms with E-state index < -0.39 is 0 Å². The Morgan fingerprint density at radius 1 is 1.75 bits per heavy atom. The third-order valence-electron chi connectivity index (χ3n) is 0.817. The van der Waals surface area contributed by atoms with Crippen LogP contribution in [0.1, 0.15) is 26.2 Å². The first-order chi connectivity index (χ1) is 3.77. The number of ketones is 1. The highest BCUT2D eigenvalue weighted by Gasteiger charge is 2.03. The SMILES string of the molecule is CC(=[OH+])CCC[C+]=O. The van der Waals surface area contributed by atoms with Crippen LogP contribution in [-0.4, -0.2) is 16.9 Å². The van der Waals surface area contributed by atoms with Crippen LogP contribution in [0.3, 0.4) is 0 Å². The summed E-state index contributed by atoms with van der Waals surface area (Å²) in [5.41, 5.74) is 0. The first-order valence-electron chi connectivity index (χ1n) is 2.63. The van der Waals surface area contributed by atoms with Crippen LogP contribution in [0.2, 0.25) is 0 Å². The molecule has 0 saturated carbocycles.